The number of carboxylic acid groups (broad SMARTS) is 1. The highest BCUT2D eigenvalue weighted by Crippen LogP contribution is 2.31. The van der Waals surface area contributed by atoms with Gasteiger partial charge in [0.25, 0.3) is 5.56 Å². The third kappa shape index (κ3) is 3.55. The molecule has 0 atom stereocenters. The number of carbonyl (C=O) groups is 1. The van der Waals surface area contributed by atoms with E-state index in [1.807, 2.05) is 24.4 Å². The van der Waals surface area contributed by atoms with Gasteiger partial charge in [0.05, 0.1) is 5.39 Å². The van der Waals surface area contributed by atoms with Crippen LogP contribution in [0.3, 0.4) is 0 Å². The molecule has 2 aromatic heterocycles. The van der Waals surface area contributed by atoms with Crippen molar-refractivity contribution in [2.24, 2.45) is 0 Å². The number of aliphatic carboxylic acids is 1. The maximum absolute atomic E-state index is 13.1. The first-order chi connectivity index (χ1) is 12.5. The Kier molecular flexibility index (Phi) is 5.52. The van der Waals surface area contributed by atoms with Crippen LogP contribution >= 0.6 is 11.3 Å². The fourth-order valence-electron chi connectivity index (χ4n) is 3.09. The molecule has 0 fully saturated rings. The summed E-state index contributed by atoms with van der Waals surface area (Å²) in [6, 6.07) is 8.25. The summed E-state index contributed by atoms with van der Waals surface area (Å²) in [7, 11) is 0. The van der Waals surface area contributed by atoms with E-state index in [1.165, 1.54) is 16.9 Å². The highest BCUT2D eigenvalue weighted by atomic mass is 32.1. The zero-order valence-electron chi connectivity index (χ0n) is 15.0. The van der Waals surface area contributed by atoms with Crippen molar-refractivity contribution in [2.75, 3.05) is 0 Å². The van der Waals surface area contributed by atoms with Gasteiger partial charge >= 0.3 is 5.97 Å². The van der Waals surface area contributed by atoms with Crippen LogP contribution in [0.5, 0.6) is 0 Å². The molecule has 0 saturated heterocycles. The number of aromatic nitrogens is 2. The Morgan fingerprint density at radius 1 is 1.19 bits per heavy atom. The van der Waals surface area contributed by atoms with Crippen LogP contribution in [0.1, 0.15) is 38.1 Å². The molecular weight excluding hydrogens is 348 g/mol. The van der Waals surface area contributed by atoms with Crippen LogP contribution in [-0.4, -0.2) is 20.6 Å². The maximum Gasteiger partial charge on any atom is 0.303 e. The lowest BCUT2D eigenvalue weighted by Gasteiger charge is -2.11. The molecule has 1 aromatic carbocycles. The molecule has 0 aliphatic heterocycles. The summed E-state index contributed by atoms with van der Waals surface area (Å²) >= 11 is 1.48. The summed E-state index contributed by atoms with van der Waals surface area (Å²) in [5.74, 6) is -0.139. The van der Waals surface area contributed by atoms with Gasteiger partial charge in [0, 0.05) is 30.3 Å². The first-order valence-corrected chi connectivity index (χ1v) is 9.75. The van der Waals surface area contributed by atoms with E-state index in [-0.39, 0.29) is 12.0 Å². The number of fused-ring (bicyclic) bond motifs is 1. The van der Waals surface area contributed by atoms with Crippen LogP contribution in [0.25, 0.3) is 21.3 Å². The molecule has 0 bridgehead atoms. The number of benzene rings is 1. The summed E-state index contributed by atoms with van der Waals surface area (Å²) in [5, 5.41) is 11.5. The normalized spacial score (nSPS) is 11.2. The molecule has 2 heterocycles. The van der Waals surface area contributed by atoms with E-state index in [4.69, 9.17) is 5.11 Å². The lowest BCUT2D eigenvalue weighted by Crippen LogP contribution is -2.25. The van der Waals surface area contributed by atoms with Crippen molar-refractivity contribution in [1.29, 1.82) is 0 Å². The standard InChI is InChI=1S/C20H22N2O3S/c1-3-13-7-9-14(10-8-13)15-12-26-19-18(15)20(25)22(16(4-2)21-19)11-5-6-17(23)24/h7-10,12H,3-6,11H2,1-2H3,(H,23,24). The lowest BCUT2D eigenvalue weighted by atomic mass is 10.0. The quantitative estimate of drug-likeness (QED) is 0.679. The Balaban J connectivity index is 2.09. The molecule has 0 unspecified atom stereocenters. The molecule has 0 radical (unpaired) electrons. The van der Waals surface area contributed by atoms with Gasteiger partial charge in [-0.15, -0.1) is 11.3 Å². The van der Waals surface area contributed by atoms with Crippen molar-refractivity contribution in [1.82, 2.24) is 9.55 Å². The molecule has 0 amide bonds. The molecular formula is C20H22N2O3S. The van der Waals surface area contributed by atoms with E-state index in [2.05, 4.69) is 24.0 Å². The third-order valence-electron chi connectivity index (χ3n) is 4.53. The zero-order chi connectivity index (χ0) is 18.7. The SMILES string of the molecule is CCc1ccc(-c2csc3nc(CC)n(CCCC(=O)O)c(=O)c23)cc1. The van der Waals surface area contributed by atoms with Gasteiger partial charge in [-0.1, -0.05) is 38.1 Å². The van der Waals surface area contributed by atoms with E-state index < -0.39 is 5.97 Å². The number of hydrogen-bond donors (Lipinski definition) is 1. The first-order valence-electron chi connectivity index (χ1n) is 8.87. The molecule has 3 rings (SSSR count). The smallest absolute Gasteiger partial charge is 0.303 e. The second kappa shape index (κ2) is 7.83. The molecule has 3 aromatic rings. The third-order valence-corrected chi connectivity index (χ3v) is 5.41. The zero-order valence-corrected chi connectivity index (χ0v) is 15.8. The van der Waals surface area contributed by atoms with E-state index in [1.54, 1.807) is 4.57 Å². The highest BCUT2D eigenvalue weighted by Gasteiger charge is 2.16. The second-order valence-corrected chi connectivity index (χ2v) is 7.07. The number of aryl methyl sites for hydroxylation is 2. The Labute approximate surface area is 155 Å². The van der Waals surface area contributed by atoms with Gasteiger partial charge in [-0.05, 0) is 24.0 Å². The van der Waals surface area contributed by atoms with E-state index in [0.717, 1.165) is 22.4 Å². The molecule has 136 valence electrons. The van der Waals surface area contributed by atoms with E-state index in [0.29, 0.717) is 30.6 Å². The lowest BCUT2D eigenvalue weighted by molar-refractivity contribution is -0.137. The van der Waals surface area contributed by atoms with Crippen molar-refractivity contribution < 1.29 is 9.90 Å². The maximum atomic E-state index is 13.1. The summed E-state index contributed by atoms with van der Waals surface area (Å²) in [5.41, 5.74) is 3.09. The number of nitrogens with zero attached hydrogens (tertiary/aromatic N) is 2. The molecule has 0 spiro atoms. The minimum Gasteiger partial charge on any atom is -0.481 e. The molecule has 6 heteroatoms. The molecule has 0 aliphatic rings. The van der Waals surface area contributed by atoms with Crippen LogP contribution in [0.15, 0.2) is 34.4 Å². The number of hydrogen-bond acceptors (Lipinski definition) is 4. The fraction of sp³-hybridized carbons (Fsp3) is 0.350. The minimum atomic E-state index is -0.850. The number of carboxylic acids is 1. The van der Waals surface area contributed by atoms with Gasteiger partial charge in [-0.25, -0.2) is 4.98 Å². The number of thiophene rings is 1. The number of rotatable bonds is 7. The van der Waals surface area contributed by atoms with E-state index >= 15 is 0 Å². The summed E-state index contributed by atoms with van der Waals surface area (Å²) in [4.78, 5) is 29.3. The summed E-state index contributed by atoms with van der Waals surface area (Å²) in [6.07, 6.45) is 2.07. The van der Waals surface area contributed by atoms with Crippen LogP contribution in [-0.2, 0) is 24.2 Å². The van der Waals surface area contributed by atoms with Gasteiger partial charge in [-0.2, -0.15) is 0 Å². The average Bonchev–Trinajstić information content (AvgIpc) is 3.07. The Bertz CT molecular complexity index is 987. The van der Waals surface area contributed by atoms with Crippen molar-refractivity contribution in [3.05, 3.63) is 51.4 Å². The summed E-state index contributed by atoms with van der Waals surface area (Å²) in [6.45, 7) is 4.45. The van der Waals surface area contributed by atoms with Gasteiger partial charge in [0.1, 0.15) is 10.7 Å². The molecule has 26 heavy (non-hydrogen) atoms. The predicted molar refractivity (Wildman–Crippen MR) is 105 cm³/mol. The monoisotopic (exact) mass is 370 g/mol. The summed E-state index contributed by atoms with van der Waals surface area (Å²) < 4.78 is 1.64. The van der Waals surface area contributed by atoms with Crippen LogP contribution in [0.2, 0.25) is 0 Å². The van der Waals surface area contributed by atoms with Crippen LogP contribution in [0, 0.1) is 0 Å². The molecule has 5 nitrogen and oxygen atoms in total. The average molecular weight is 370 g/mol. The van der Waals surface area contributed by atoms with Crippen molar-refractivity contribution in [2.45, 2.75) is 46.1 Å². The van der Waals surface area contributed by atoms with Gasteiger partial charge < -0.3 is 5.11 Å². The largest absolute Gasteiger partial charge is 0.481 e. The Morgan fingerprint density at radius 2 is 1.92 bits per heavy atom. The topological polar surface area (TPSA) is 72.2 Å². The Hall–Kier alpha value is -2.47. The van der Waals surface area contributed by atoms with Crippen molar-refractivity contribution in [3.63, 3.8) is 0 Å². The Morgan fingerprint density at radius 3 is 2.54 bits per heavy atom. The van der Waals surface area contributed by atoms with Gasteiger partial charge in [-0.3, -0.25) is 14.2 Å². The molecule has 1 N–H and O–H groups in total. The second-order valence-electron chi connectivity index (χ2n) is 6.22. The van der Waals surface area contributed by atoms with E-state index in [9.17, 15) is 9.59 Å². The van der Waals surface area contributed by atoms with Crippen molar-refractivity contribution >= 4 is 27.5 Å². The minimum absolute atomic E-state index is 0.0443. The van der Waals surface area contributed by atoms with Crippen LogP contribution < -0.4 is 5.56 Å². The van der Waals surface area contributed by atoms with Gasteiger partial charge in [0.15, 0.2) is 0 Å². The molecule has 0 saturated carbocycles. The van der Waals surface area contributed by atoms with Gasteiger partial charge in [0.2, 0.25) is 0 Å². The first kappa shape index (κ1) is 18.3. The van der Waals surface area contributed by atoms with Crippen molar-refractivity contribution in [3.8, 4) is 11.1 Å². The highest BCUT2D eigenvalue weighted by molar-refractivity contribution is 7.17. The fourth-order valence-corrected chi connectivity index (χ4v) is 4.04. The molecule has 0 aliphatic carbocycles. The predicted octanol–water partition coefficient (Wildman–Crippen LogP) is 4.11. The van der Waals surface area contributed by atoms with Crippen LogP contribution in [0.4, 0.5) is 0 Å².